The van der Waals surface area contributed by atoms with Crippen molar-refractivity contribution in [3.05, 3.63) is 107 Å². The van der Waals surface area contributed by atoms with Crippen molar-refractivity contribution in [1.82, 2.24) is 4.98 Å². The number of furan rings is 1. The second kappa shape index (κ2) is 7.41. The number of fused-ring (bicyclic) bond motifs is 1. The van der Waals surface area contributed by atoms with Crippen LogP contribution in [-0.4, -0.2) is 21.8 Å². The predicted molar refractivity (Wildman–Crippen MR) is 116 cm³/mol. The van der Waals surface area contributed by atoms with Crippen LogP contribution in [0.2, 0.25) is 5.02 Å². The van der Waals surface area contributed by atoms with Crippen LogP contribution >= 0.6 is 11.6 Å². The van der Waals surface area contributed by atoms with Crippen LogP contribution in [0.4, 0.5) is 5.69 Å². The molecule has 1 N–H and O–H groups in total. The van der Waals surface area contributed by atoms with E-state index in [0.29, 0.717) is 27.2 Å². The number of hydrogen-bond donors (Lipinski definition) is 1. The van der Waals surface area contributed by atoms with E-state index in [2.05, 4.69) is 4.98 Å². The summed E-state index contributed by atoms with van der Waals surface area (Å²) in [5.74, 6) is -1.84. The quantitative estimate of drug-likeness (QED) is 0.446. The van der Waals surface area contributed by atoms with E-state index in [-0.39, 0.29) is 11.3 Å². The maximum absolute atomic E-state index is 13.5. The molecule has 4 aromatic rings. The SMILES string of the molecule is O=C(C1=C(O)C(=O)N(c2ccccc2)C1c1cccnc1)c1cc2cc(Cl)ccc2o1. The smallest absolute Gasteiger partial charge is 0.294 e. The van der Waals surface area contributed by atoms with E-state index >= 15 is 0 Å². The third kappa shape index (κ3) is 3.17. The van der Waals surface area contributed by atoms with Crippen LogP contribution in [0, 0.1) is 0 Å². The number of rotatable bonds is 4. The van der Waals surface area contributed by atoms with Gasteiger partial charge in [-0.1, -0.05) is 35.9 Å². The molecule has 1 atom stereocenters. The Morgan fingerprint density at radius 3 is 2.61 bits per heavy atom. The van der Waals surface area contributed by atoms with Crippen molar-refractivity contribution in [3.63, 3.8) is 0 Å². The molecule has 31 heavy (non-hydrogen) atoms. The fourth-order valence-electron chi connectivity index (χ4n) is 3.80. The largest absolute Gasteiger partial charge is 0.503 e. The molecule has 1 aliphatic heterocycles. The summed E-state index contributed by atoms with van der Waals surface area (Å²) in [6.07, 6.45) is 3.17. The summed E-state index contributed by atoms with van der Waals surface area (Å²) in [7, 11) is 0. The summed E-state index contributed by atoms with van der Waals surface area (Å²) in [5.41, 5.74) is 1.56. The second-order valence-corrected chi connectivity index (χ2v) is 7.52. The molecule has 0 aliphatic carbocycles. The Bertz CT molecular complexity index is 1350. The summed E-state index contributed by atoms with van der Waals surface area (Å²) in [5, 5.41) is 11.9. The average Bonchev–Trinajstić information content (AvgIpc) is 3.33. The van der Waals surface area contributed by atoms with Crippen molar-refractivity contribution >= 4 is 39.9 Å². The highest BCUT2D eigenvalue weighted by Crippen LogP contribution is 2.42. The number of aliphatic hydroxyl groups is 1. The van der Waals surface area contributed by atoms with Gasteiger partial charge >= 0.3 is 0 Å². The van der Waals surface area contributed by atoms with Crippen molar-refractivity contribution in [2.75, 3.05) is 4.90 Å². The van der Waals surface area contributed by atoms with Gasteiger partial charge in [0.2, 0.25) is 5.78 Å². The van der Waals surface area contributed by atoms with Crippen molar-refractivity contribution in [3.8, 4) is 0 Å². The first-order chi connectivity index (χ1) is 15.0. The molecule has 0 radical (unpaired) electrons. The van der Waals surface area contributed by atoms with Gasteiger partial charge in [-0.15, -0.1) is 0 Å². The standard InChI is InChI=1S/C24H15ClN2O4/c25-16-8-9-18-15(11-16)12-19(31-18)22(28)20-21(14-5-4-10-26-13-14)27(24(30)23(20)29)17-6-2-1-3-7-17/h1-13,21,29H. The fourth-order valence-corrected chi connectivity index (χ4v) is 3.98. The molecule has 7 heteroatoms. The Labute approximate surface area is 182 Å². The molecule has 5 rings (SSSR count). The zero-order chi connectivity index (χ0) is 21.5. The molecule has 2 aromatic heterocycles. The number of para-hydroxylation sites is 1. The number of Topliss-reactive ketones (excluding diaryl/α,β-unsaturated/α-hetero) is 1. The van der Waals surface area contributed by atoms with Gasteiger partial charge in [-0.2, -0.15) is 0 Å². The Balaban J connectivity index is 1.65. The van der Waals surface area contributed by atoms with Crippen LogP contribution in [0.3, 0.4) is 0 Å². The van der Waals surface area contributed by atoms with E-state index in [9.17, 15) is 14.7 Å². The minimum absolute atomic E-state index is 0.00965. The molecular formula is C24H15ClN2O4. The van der Waals surface area contributed by atoms with Crippen LogP contribution in [0.15, 0.2) is 94.9 Å². The Morgan fingerprint density at radius 2 is 1.87 bits per heavy atom. The molecule has 3 heterocycles. The van der Waals surface area contributed by atoms with Gasteiger partial charge in [0.25, 0.3) is 5.91 Å². The van der Waals surface area contributed by atoms with Gasteiger partial charge < -0.3 is 9.52 Å². The lowest BCUT2D eigenvalue weighted by Crippen LogP contribution is -2.31. The molecule has 152 valence electrons. The molecule has 0 saturated heterocycles. The van der Waals surface area contributed by atoms with Gasteiger partial charge in [-0.25, -0.2) is 0 Å². The molecule has 0 fully saturated rings. The van der Waals surface area contributed by atoms with Crippen LogP contribution in [0.25, 0.3) is 11.0 Å². The van der Waals surface area contributed by atoms with Crippen molar-refractivity contribution in [2.24, 2.45) is 0 Å². The molecule has 6 nitrogen and oxygen atoms in total. The lowest BCUT2D eigenvalue weighted by atomic mass is 9.96. The van der Waals surface area contributed by atoms with E-state index in [1.165, 1.54) is 4.90 Å². The van der Waals surface area contributed by atoms with E-state index in [1.54, 1.807) is 73.1 Å². The number of benzene rings is 2. The van der Waals surface area contributed by atoms with Crippen LogP contribution in [-0.2, 0) is 4.79 Å². The minimum atomic E-state index is -0.854. The number of aromatic nitrogens is 1. The topological polar surface area (TPSA) is 83.6 Å². The summed E-state index contributed by atoms with van der Waals surface area (Å²) in [4.78, 5) is 32.0. The van der Waals surface area contributed by atoms with Crippen molar-refractivity contribution < 1.29 is 19.1 Å². The first-order valence-corrected chi connectivity index (χ1v) is 9.88. The van der Waals surface area contributed by atoms with Gasteiger partial charge in [-0.3, -0.25) is 19.5 Å². The van der Waals surface area contributed by atoms with Gasteiger partial charge in [0.05, 0.1) is 11.6 Å². The molecular weight excluding hydrogens is 416 g/mol. The molecule has 1 unspecified atom stereocenters. The zero-order valence-corrected chi connectivity index (χ0v) is 16.8. The number of halogens is 1. The Kier molecular flexibility index (Phi) is 4.56. The number of aliphatic hydroxyl groups excluding tert-OH is 1. The Hall–Kier alpha value is -3.90. The first-order valence-electron chi connectivity index (χ1n) is 9.50. The van der Waals surface area contributed by atoms with E-state index < -0.39 is 23.5 Å². The predicted octanol–water partition coefficient (Wildman–Crippen LogP) is 5.26. The number of pyridine rings is 1. The third-order valence-corrected chi connectivity index (χ3v) is 5.42. The summed E-state index contributed by atoms with van der Waals surface area (Å²) in [6, 6.07) is 18.0. The number of carbonyl (C=O) groups is 2. The number of carbonyl (C=O) groups excluding carboxylic acids is 2. The molecule has 1 amide bonds. The summed E-state index contributed by atoms with van der Waals surface area (Å²) >= 11 is 6.03. The van der Waals surface area contributed by atoms with Gasteiger partial charge in [0.1, 0.15) is 5.58 Å². The van der Waals surface area contributed by atoms with E-state index in [1.807, 2.05) is 6.07 Å². The minimum Gasteiger partial charge on any atom is -0.503 e. The number of anilines is 1. The molecule has 0 bridgehead atoms. The van der Waals surface area contributed by atoms with Crippen molar-refractivity contribution in [1.29, 1.82) is 0 Å². The molecule has 2 aromatic carbocycles. The highest BCUT2D eigenvalue weighted by atomic mass is 35.5. The number of ketones is 1. The Morgan fingerprint density at radius 1 is 1.06 bits per heavy atom. The van der Waals surface area contributed by atoms with Gasteiger partial charge in [0, 0.05) is 28.5 Å². The van der Waals surface area contributed by atoms with E-state index in [0.717, 1.165) is 0 Å². The summed E-state index contributed by atoms with van der Waals surface area (Å²) < 4.78 is 5.71. The maximum atomic E-state index is 13.5. The highest BCUT2D eigenvalue weighted by molar-refractivity contribution is 6.31. The molecule has 0 saturated carbocycles. The lowest BCUT2D eigenvalue weighted by molar-refractivity contribution is -0.117. The molecule has 1 aliphatic rings. The lowest BCUT2D eigenvalue weighted by Gasteiger charge is -2.26. The highest BCUT2D eigenvalue weighted by Gasteiger charge is 2.45. The first kappa shape index (κ1) is 19.1. The van der Waals surface area contributed by atoms with Gasteiger partial charge in [-0.05, 0) is 48.0 Å². The maximum Gasteiger partial charge on any atom is 0.294 e. The van der Waals surface area contributed by atoms with Crippen molar-refractivity contribution in [2.45, 2.75) is 6.04 Å². The molecule has 0 spiro atoms. The zero-order valence-electron chi connectivity index (χ0n) is 16.0. The third-order valence-electron chi connectivity index (χ3n) is 5.19. The van der Waals surface area contributed by atoms with Crippen LogP contribution in [0.5, 0.6) is 0 Å². The number of hydrogen-bond acceptors (Lipinski definition) is 5. The number of amides is 1. The average molecular weight is 431 g/mol. The van der Waals surface area contributed by atoms with Crippen LogP contribution in [0.1, 0.15) is 22.2 Å². The van der Waals surface area contributed by atoms with Crippen LogP contribution < -0.4 is 4.90 Å². The normalized spacial score (nSPS) is 16.4. The monoisotopic (exact) mass is 430 g/mol. The van der Waals surface area contributed by atoms with E-state index in [4.69, 9.17) is 16.0 Å². The van der Waals surface area contributed by atoms with Gasteiger partial charge in [0.15, 0.2) is 11.5 Å². The number of nitrogens with zero attached hydrogens (tertiary/aromatic N) is 2. The second-order valence-electron chi connectivity index (χ2n) is 7.08. The summed E-state index contributed by atoms with van der Waals surface area (Å²) in [6.45, 7) is 0. The fraction of sp³-hybridized carbons (Fsp3) is 0.0417.